The largest absolute Gasteiger partial charge is 0.379 e. The molecule has 23 heavy (non-hydrogen) atoms. The summed E-state index contributed by atoms with van der Waals surface area (Å²) >= 11 is 0. The third-order valence-corrected chi connectivity index (χ3v) is 3.76. The quantitative estimate of drug-likeness (QED) is 0.852. The molecule has 7 nitrogen and oxygen atoms in total. The molecule has 1 aliphatic rings. The van der Waals surface area contributed by atoms with Crippen LogP contribution in [0, 0.1) is 0 Å². The molecule has 0 bridgehead atoms. The second-order valence-corrected chi connectivity index (χ2v) is 5.64. The van der Waals surface area contributed by atoms with E-state index in [1.165, 1.54) is 0 Å². The number of amides is 1. The van der Waals surface area contributed by atoms with E-state index in [0.717, 1.165) is 13.0 Å². The monoisotopic (exact) mass is 317 g/mol. The molecule has 2 unspecified atom stereocenters. The van der Waals surface area contributed by atoms with E-state index in [4.69, 9.17) is 9.47 Å². The highest BCUT2D eigenvalue weighted by Crippen LogP contribution is 2.12. The number of aromatic nitrogens is 2. The summed E-state index contributed by atoms with van der Waals surface area (Å²) in [6.45, 7) is 3.59. The van der Waals surface area contributed by atoms with Crippen LogP contribution in [0.2, 0.25) is 0 Å². The molecule has 1 aliphatic heterocycles. The first-order valence-electron chi connectivity index (χ1n) is 7.63. The van der Waals surface area contributed by atoms with Crippen molar-refractivity contribution >= 4 is 16.7 Å². The SMILES string of the molecule is CC(COC1CCOC1)NC(=O)c1n[nH]c(=O)c2ccccc12. The van der Waals surface area contributed by atoms with Crippen LogP contribution >= 0.6 is 0 Å². The molecule has 0 saturated carbocycles. The normalized spacial score (nSPS) is 18.9. The summed E-state index contributed by atoms with van der Waals surface area (Å²) in [5, 5.41) is 10.1. The zero-order valence-corrected chi connectivity index (χ0v) is 12.9. The molecule has 1 aromatic heterocycles. The average molecular weight is 317 g/mol. The van der Waals surface area contributed by atoms with E-state index in [0.29, 0.717) is 24.0 Å². The molecule has 1 fully saturated rings. The summed E-state index contributed by atoms with van der Waals surface area (Å²) in [4.78, 5) is 24.1. The first-order valence-corrected chi connectivity index (χ1v) is 7.63. The van der Waals surface area contributed by atoms with Crippen LogP contribution in [-0.4, -0.2) is 48.1 Å². The van der Waals surface area contributed by atoms with Crippen LogP contribution in [-0.2, 0) is 9.47 Å². The number of ether oxygens (including phenoxy) is 2. The van der Waals surface area contributed by atoms with E-state index >= 15 is 0 Å². The lowest BCUT2D eigenvalue weighted by molar-refractivity contribution is 0.0318. The summed E-state index contributed by atoms with van der Waals surface area (Å²) in [6.07, 6.45) is 0.980. The molecular formula is C16H19N3O4. The third kappa shape index (κ3) is 3.57. The van der Waals surface area contributed by atoms with Crippen LogP contribution in [0.5, 0.6) is 0 Å². The number of carbonyl (C=O) groups is 1. The maximum Gasteiger partial charge on any atom is 0.272 e. The fraction of sp³-hybridized carbons (Fsp3) is 0.438. The van der Waals surface area contributed by atoms with Crippen LogP contribution < -0.4 is 10.9 Å². The first kappa shape index (κ1) is 15.6. The zero-order chi connectivity index (χ0) is 16.2. The Morgan fingerprint density at radius 1 is 1.48 bits per heavy atom. The van der Waals surface area contributed by atoms with E-state index in [1.54, 1.807) is 24.3 Å². The van der Waals surface area contributed by atoms with Gasteiger partial charge in [-0.1, -0.05) is 18.2 Å². The smallest absolute Gasteiger partial charge is 0.272 e. The molecule has 2 aromatic rings. The van der Waals surface area contributed by atoms with Gasteiger partial charge in [0.25, 0.3) is 11.5 Å². The van der Waals surface area contributed by atoms with Gasteiger partial charge in [0.05, 0.1) is 24.7 Å². The third-order valence-electron chi connectivity index (χ3n) is 3.76. The second kappa shape index (κ2) is 6.89. The second-order valence-electron chi connectivity index (χ2n) is 5.64. The minimum atomic E-state index is -0.337. The van der Waals surface area contributed by atoms with Gasteiger partial charge in [-0.2, -0.15) is 5.10 Å². The number of hydrogen-bond acceptors (Lipinski definition) is 5. The topological polar surface area (TPSA) is 93.3 Å². The molecule has 0 spiro atoms. The van der Waals surface area contributed by atoms with Crippen molar-refractivity contribution in [2.24, 2.45) is 0 Å². The molecule has 7 heteroatoms. The number of aromatic amines is 1. The lowest BCUT2D eigenvalue weighted by atomic mass is 10.1. The van der Waals surface area contributed by atoms with Crippen LogP contribution in [0.15, 0.2) is 29.1 Å². The van der Waals surface area contributed by atoms with Crippen LogP contribution in [0.25, 0.3) is 10.8 Å². The van der Waals surface area contributed by atoms with Crippen molar-refractivity contribution in [1.82, 2.24) is 15.5 Å². The van der Waals surface area contributed by atoms with Crippen molar-refractivity contribution < 1.29 is 14.3 Å². The molecule has 122 valence electrons. The summed E-state index contributed by atoms with van der Waals surface area (Å²) in [5.41, 5.74) is -0.106. The summed E-state index contributed by atoms with van der Waals surface area (Å²) in [6, 6.07) is 6.73. The molecule has 2 N–H and O–H groups in total. The predicted octanol–water partition coefficient (Wildman–Crippen LogP) is 0.847. The Bertz CT molecular complexity index is 752. The van der Waals surface area contributed by atoms with Crippen molar-refractivity contribution in [3.05, 3.63) is 40.3 Å². The van der Waals surface area contributed by atoms with Crippen molar-refractivity contribution in [3.63, 3.8) is 0 Å². The number of benzene rings is 1. The van der Waals surface area contributed by atoms with Crippen molar-refractivity contribution in [3.8, 4) is 0 Å². The average Bonchev–Trinajstić information content (AvgIpc) is 3.07. The lowest BCUT2D eigenvalue weighted by Gasteiger charge is -2.17. The van der Waals surface area contributed by atoms with Gasteiger partial charge in [-0.3, -0.25) is 9.59 Å². The van der Waals surface area contributed by atoms with Gasteiger partial charge in [0, 0.05) is 18.0 Å². The Balaban J connectivity index is 1.68. The first-order chi connectivity index (χ1) is 11.1. The van der Waals surface area contributed by atoms with Gasteiger partial charge < -0.3 is 14.8 Å². The Labute approximate surface area is 133 Å². The molecule has 0 radical (unpaired) electrons. The number of nitrogens with zero attached hydrogens (tertiary/aromatic N) is 1. The Hall–Kier alpha value is -2.25. The maximum atomic E-state index is 12.4. The van der Waals surface area contributed by atoms with Crippen LogP contribution in [0.3, 0.4) is 0 Å². The zero-order valence-electron chi connectivity index (χ0n) is 12.9. The van der Waals surface area contributed by atoms with Gasteiger partial charge in [-0.15, -0.1) is 0 Å². The van der Waals surface area contributed by atoms with Gasteiger partial charge in [-0.05, 0) is 19.4 Å². The number of hydrogen-bond donors (Lipinski definition) is 2. The van der Waals surface area contributed by atoms with Crippen molar-refractivity contribution in [2.75, 3.05) is 19.8 Å². The number of nitrogens with one attached hydrogen (secondary N) is 2. The Kier molecular flexibility index (Phi) is 4.68. The van der Waals surface area contributed by atoms with Crippen molar-refractivity contribution in [2.45, 2.75) is 25.5 Å². The van der Waals surface area contributed by atoms with Gasteiger partial charge in [0.2, 0.25) is 0 Å². The molecule has 0 aliphatic carbocycles. The van der Waals surface area contributed by atoms with Crippen LogP contribution in [0.1, 0.15) is 23.8 Å². The molecule has 2 heterocycles. The highest BCUT2D eigenvalue weighted by atomic mass is 16.5. The van der Waals surface area contributed by atoms with E-state index in [-0.39, 0.29) is 29.3 Å². The minimum absolute atomic E-state index is 0.0985. The number of H-pyrrole nitrogens is 1. The Morgan fingerprint density at radius 3 is 3.00 bits per heavy atom. The standard InChI is InChI=1S/C16H19N3O4/c1-10(8-23-11-6-7-22-9-11)17-16(21)14-12-4-2-3-5-13(12)15(20)19-18-14/h2-5,10-11H,6-9H2,1H3,(H,17,21)(H,19,20). The summed E-state index contributed by atoms with van der Waals surface area (Å²) in [7, 11) is 0. The van der Waals surface area contributed by atoms with Gasteiger partial charge in [0.1, 0.15) is 0 Å². The minimum Gasteiger partial charge on any atom is -0.379 e. The lowest BCUT2D eigenvalue weighted by Crippen LogP contribution is -2.38. The summed E-state index contributed by atoms with van der Waals surface area (Å²) < 4.78 is 10.9. The molecule has 3 rings (SSSR count). The number of carbonyl (C=O) groups excluding carboxylic acids is 1. The molecule has 1 saturated heterocycles. The number of fused-ring (bicyclic) bond motifs is 1. The van der Waals surface area contributed by atoms with Gasteiger partial charge in [-0.25, -0.2) is 5.10 Å². The fourth-order valence-corrected chi connectivity index (χ4v) is 2.55. The highest BCUT2D eigenvalue weighted by Gasteiger charge is 2.19. The van der Waals surface area contributed by atoms with E-state index in [1.807, 2.05) is 6.92 Å². The van der Waals surface area contributed by atoms with Gasteiger partial charge >= 0.3 is 0 Å². The summed E-state index contributed by atoms with van der Waals surface area (Å²) in [5.74, 6) is -0.337. The van der Waals surface area contributed by atoms with E-state index < -0.39 is 0 Å². The highest BCUT2D eigenvalue weighted by molar-refractivity contribution is 6.04. The Morgan fingerprint density at radius 2 is 2.26 bits per heavy atom. The van der Waals surface area contributed by atoms with Crippen molar-refractivity contribution in [1.29, 1.82) is 0 Å². The maximum absolute atomic E-state index is 12.4. The van der Waals surface area contributed by atoms with E-state index in [9.17, 15) is 9.59 Å². The van der Waals surface area contributed by atoms with Gasteiger partial charge in [0.15, 0.2) is 5.69 Å². The van der Waals surface area contributed by atoms with Crippen LogP contribution in [0.4, 0.5) is 0 Å². The number of rotatable bonds is 5. The molecular weight excluding hydrogens is 298 g/mol. The molecule has 1 aromatic carbocycles. The fourth-order valence-electron chi connectivity index (χ4n) is 2.55. The van der Waals surface area contributed by atoms with E-state index in [2.05, 4.69) is 15.5 Å². The molecule has 1 amide bonds. The molecule has 2 atom stereocenters. The predicted molar refractivity (Wildman–Crippen MR) is 84.5 cm³/mol.